The first-order valence-corrected chi connectivity index (χ1v) is 11.6. The van der Waals surface area contributed by atoms with Crippen LogP contribution in [0.4, 0.5) is 23.4 Å². The molecule has 0 aliphatic carbocycles. The fourth-order valence-corrected chi connectivity index (χ4v) is 4.53. The standard InChI is InChI=1S/C26H23F4N5O/c1-17-11-13-33(22-10-9-18(16-31-22)26(28,29)30)14-15-34(17)25(36)23-21-8-4-5-12-35(21)32-24(23)19-6-2-3-7-20(19)27/h2-10,12,16-17H,11,13-15H2,1H3/t17-/m1/s1. The molecule has 1 aliphatic heterocycles. The number of alkyl halides is 3. The molecule has 3 aromatic heterocycles. The maximum Gasteiger partial charge on any atom is 0.417 e. The second kappa shape index (κ2) is 9.25. The van der Waals surface area contributed by atoms with Crippen molar-refractivity contribution in [3.63, 3.8) is 0 Å². The summed E-state index contributed by atoms with van der Waals surface area (Å²) in [6.07, 6.45) is -1.33. The van der Waals surface area contributed by atoms with Gasteiger partial charge in [-0.05, 0) is 49.7 Å². The second-order valence-electron chi connectivity index (χ2n) is 8.76. The molecule has 1 atom stereocenters. The lowest BCUT2D eigenvalue weighted by atomic mass is 10.0. The molecule has 186 valence electrons. The normalized spacial score (nSPS) is 16.9. The first kappa shape index (κ1) is 23.8. The zero-order valence-corrected chi connectivity index (χ0v) is 19.4. The maximum atomic E-state index is 14.7. The number of benzene rings is 1. The van der Waals surface area contributed by atoms with Crippen LogP contribution in [0.25, 0.3) is 16.8 Å². The van der Waals surface area contributed by atoms with Crippen LogP contribution in [0.5, 0.6) is 0 Å². The van der Waals surface area contributed by atoms with Crippen LogP contribution in [-0.4, -0.2) is 51.1 Å². The molecule has 0 saturated carbocycles. The molecule has 1 saturated heterocycles. The summed E-state index contributed by atoms with van der Waals surface area (Å²) in [5.74, 6) is -0.324. The molecular formula is C26H23F4N5O. The molecule has 0 spiro atoms. The average Bonchev–Trinajstić information content (AvgIpc) is 3.13. The van der Waals surface area contributed by atoms with Gasteiger partial charge >= 0.3 is 6.18 Å². The predicted molar refractivity (Wildman–Crippen MR) is 127 cm³/mol. The Bertz CT molecular complexity index is 1400. The highest BCUT2D eigenvalue weighted by molar-refractivity contribution is 6.06. The molecule has 1 aromatic carbocycles. The lowest BCUT2D eigenvalue weighted by Gasteiger charge is -2.27. The van der Waals surface area contributed by atoms with Gasteiger partial charge in [-0.25, -0.2) is 13.9 Å². The third kappa shape index (κ3) is 4.38. The fourth-order valence-electron chi connectivity index (χ4n) is 4.53. The molecule has 1 amide bonds. The smallest absolute Gasteiger partial charge is 0.355 e. The van der Waals surface area contributed by atoms with E-state index < -0.39 is 17.6 Å². The Balaban J connectivity index is 1.46. The van der Waals surface area contributed by atoms with Gasteiger partial charge in [0.25, 0.3) is 5.91 Å². The number of halogens is 4. The summed E-state index contributed by atoms with van der Waals surface area (Å²) < 4.78 is 55.0. The number of aromatic nitrogens is 3. The van der Waals surface area contributed by atoms with Crippen LogP contribution in [0, 0.1) is 5.82 Å². The molecule has 0 radical (unpaired) electrons. The predicted octanol–water partition coefficient (Wildman–Crippen LogP) is 5.30. The van der Waals surface area contributed by atoms with E-state index in [9.17, 15) is 22.4 Å². The highest BCUT2D eigenvalue weighted by Crippen LogP contribution is 2.32. The van der Waals surface area contributed by atoms with Crippen LogP contribution in [0.1, 0.15) is 29.3 Å². The van der Waals surface area contributed by atoms with Crippen molar-refractivity contribution in [2.24, 2.45) is 0 Å². The number of nitrogens with zero attached hydrogens (tertiary/aromatic N) is 5. The average molecular weight is 497 g/mol. The second-order valence-corrected chi connectivity index (χ2v) is 8.76. The summed E-state index contributed by atoms with van der Waals surface area (Å²) in [5.41, 5.74) is 0.580. The molecule has 0 N–H and O–H groups in total. The van der Waals surface area contributed by atoms with E-state index in [-0.39, 0.29) is 23.2 Å². The molecule has 0 unspecified atom stereocenters. The van der Waals surface area contributed by atoms with Gasteiger partial charge in [-0.2, -0.15) is 18.3 Å². The van der Waals surface area contributed by atoms with E-state index in [0.29, 0.717) is 43.0 Å². The largest absolute Gasteiger partial charge is 0.417 e. The van der Waals surface area contributed by atoms with Gasteiger partial charge in [-0.1, -0.05) is 18.2 Å². The Morgan fingerprint density at radius 3 is 2.50 bits per heavy atom. The minimum Gasteiger partial charge on any atom is -0.355 e. The highest BCUT2D eigenvalue weighted by atomic mass is 19.4. The van der Waals surface area contributed by atoms with E-state index in [2.05, 4.69) is 10.1 Å². The SMILES string of the molecule is C[C@@H]1CCN(c2ccc(C(F)(F)F)cn2)CCN1C(=O)c1c(-c2ccccc2F)nn2ccccc12. The monoisotopic (exact) mass is 497 g/mol. The topological polar surface area (TPSA) is 53.7 Å². The molecule has 10 heteroatoms. The zero-order chi connectivity index (χ0) is 25.4. The van der Waals surface area contributed by atoms with E-state index in [1.165, 1.54) is 12.1 Å². The van der Waals surface area contributed by atoms with Gasteiger partial charge in [-0.3, -0.25) is 4.79 Å². The minimum absolute atomic E-state index is 0.163. The first-order valence-electron chi connectivity index (χ1n) is 11.6. The summed E-state index contributed by atoms with van der Waals surface area (Å²) in [5, 5.41) is 4.52. The van der Waals surface area contributed by atoms with Crippen molar-refractivity contribution < 1.29 is 22.4 Å². The third-order valence-electron chi connectivity index (χ3n) is 6.50. The van der Waals surface area contributed by atoms with Crippen LogP contribution in [-0.2, 0) is 6.18 Å². The molecular weight excluding hydrogens is 474 g/mol. The number of fused-ring (bicyclic) bond motifs is 1. The van der Waals surface area contributed by atoms with Gasteiger partial charge < -0.3 is 9.80 Å². The van der Waals surface area contributed by atoms with Gasteiger partial charge in [0.2, 0.25) is 0 Å². The fraction of sp³-hybridized carbons (Fsp3) is 0.269. The number of carbonyl (C=O) groups is 1. The Morgan fingerprint density at radius 1 is 1.00 bits per heavy atom. The number of carbonyl (C=O) groups excluding carboxylic acids is 1. The van der Waals surface area contributed by atoms with Gasteiger partial charge in [0.1, 0.15) is 17.3 Å². The summed E-state index contributed by atoms with van der Waals surface area (Å²) in [4.78, 5) is 21.5. The molecule has 1 aliphatic rings. The van der Waals surface area contributed by atoms with Crippen LogP contribution in [0.3, 0.4) is 0 Å². The number of rotatable bonds is 3. The Kier molecular flexibility index (Phi) is 6.11. The number of pyridine rings is 2. The van der Waals surface area contributed by atoms with Crippen molar-refractivity contribution in [1.29, 1.82) is 0 Å². The lowest BCUT2D eigenvalue weighted by molar-refractivity contribution is -0.137. The van der Waals surface area contributed by atoms with Gasteiger partial charge in [0.05, 0.1) is 16.6 Å². The quantitative estimate of drug-likeness (QED) is 0.361. The molecule has 6 nitrogen and oxygen atoms in total. The number of hydrogen-bond acceptors (Lipinski definition) is 4. The van der Waals surface area contributed by atoms with Crippen molar-refractivity contribution in [1.82, 2.24) is 19.5 Å². The van der Waals surface area contributed by atoms with E-state index in [1.54, 1.807) is 52.0 Å². The summed E-state index contributed by atoms with van der Waals surface area (Å²) in [6, 6.07) is 13.7. The third-order valence-corrected chi connectivity index (χ3v) is 6.50. The number of hydrogen-bond donors (Lipinski definition) is 0. The minimum atomic E-state index is -4.45. The van der Waals surface area contributed by atoms with Crippen molar-refractivity contribution in [3.8, 4) is 11.3 Å². The van der Waals surface area contributed by atoms with E-state index in [0.717, 1.165) is 12.3 Å². The van der Waals surface area contributed by atoms with Crippen LogP contribution < -0.4 is 4.90 Å². The van der Waals surface area contributed by atoms with Crippen molar-refractivity contribution >= 4 is 17.2 Å². The van der Waals surface area contributed by atoms with Crippen molar-refractivity contribution in [2.75, 3.05) is 24.5 Å². The zero-order valence-electron chi connectivity index (χ0n) is 19.4. The van der Waals surface area contributed by atoms with Crippen LogP contribution >= 0.6 is 0 Å². The summed E-state index contributed by atoms with van der Waals surface area (Å²) in [6.45, 7) is 3.17. The molecule has 36 heavy (non-hydrogen) atoms. The summed E-state index contributed by atoms with van der Waals surface area (Å²) in [7, 11) is 0. The molecule has 4 heterocycles. The molecule has 4 aromatic rings. The van der Waals surface area contributed by atoms with Gasteiger partial charge in [-0.15, -0.1) is 0 Å². The van der Waals surface area contributed by atoms with Crippen molar-refractivity contribution in [2.45, 2.75) is 25.6 Å². The van der Waals surface area contributed by atoms with E-state index in [1.807, 2.05) is 11.8 Å². The van der Waals surface area contributed by atoms with Crippen LogP contribution in [0.15, 0.2) is 67.0 Å². The first-order chi connectivity index (χ1) is 17.2. The van der Waals surface area contributed by atoms with E-state index in [4.69, 9.17) is 0 Å². The van der Waals surface area contributed by atoms with Gasteiger partial charge in [0.15, 0.2) is 0 Å². The Morgan fingerprint density at radius 2 is 1.78 bits per heavy atom. The van der Waals surface area contributed by atoms with Crippen molar-refractivity contribution in [3.05, 3.63) is 83.9 Å². The molecule has 0 bridgehead atoms. The summed E-state index contributed by atoms with van der Waals surface area (Å²) >= 11 is 0. The number of amides is 1. The van der Waals surface area contributed by atoms with E-state index >= 15 is 0 Å². The number of anilines is 1. The maximum absolute atomic E-state index is 14.7. The van der Waals surface area contributed by atoms with Gasteiger partial charge in [0, 0.05) is 43.6 Å². The highest BCUT2D eigenvalue weighted by Gasteiger charge is 2.33. The Hall–Kier alpha value is -3.95. The lowest BCUT2D eigenvalue weighted by Crippen LogP contribution is -2.40. The van der Waals surface area contributed by atoms with Crippen LogP contribution in [0.2, 0.25) is 0 Å². The molecule has 1 fully saturated rings. The molecule has 5 rings (SSSR count). The Labute approximate surface area is 204 Å².